The van der Waals surface area contributed by atoms with Crippen LogP contribution in [0.15, 0.2) is 36.4 Å². The third kappa shape index (κ3) is 3.11. The van der Waals surface area contributed by atoms with Gasteiger partial charge in [0.15, 0.2) is 0 Å². The van der Waals surface area contributed by atoms with Gasteiger partial charge in [-0.15, -0.1) is 0 Å². The molecule has 1 N–H and O–H groups in total. The lowest BCUT2D eigenvalue weighted by atomic mass is 10.0. The third-order valence-corrected chi connectivity index (χ3v) is 3.00. The summed E-state index contributed by atoms with van der Waals surface area (Å²) in [5.41, 5.74) is 1.29. The van der Waals surface area contributed by atoms with Crippen molar-refractivity contribution in [3.8, 4) is 5.75 Å². The maximum absolute atomic E-state index is 5.21. The summed E-state index contributed by atoms with van der Waals surface area (Å²) in [6, 6.07) is 8.87. The maximum Gasteiger partial charge on any atom is 0.119 e. The molecule has 0 saturated carbocycles. The van der Waals surface area contributed by atoms with Crippen LogP contribution in [0.25, 0.3) is 0 Å². The Bertz CT molecular complexity index is 360. The molecule has 1 atom stereocenters. The van der Waals surface area contributed by atoms with Gasteiger partial charge in [-0.25, -0.2) is 0 Å². The fourth-order valence-electron chi connectivity index (χ4n) is 2.02. The van der Waals surface area contributed by atoms with Crippen LogP contribution in [0.3, 0.4) is 0 Å². The minimum atomic E-state index is 0.635. The number of ether oxygens (including phenoxy) is 1. The van der Waals surface area contributed by atoms with E-state index in [1.54, 1.807) is 7.11 Å². The fourth-order valence-corrected chi connectivity index (χ4v) is 2.02. The van der Waals surface area contributed by atoms with Crippen LogP contribution < -0.4 is 10.1 Å². The van der Waals surface area contributed by atoms with Gasteiger partial charge in [-0.2, -0.15) is 0 Å². The largest absolute Gasteiger partial charge is 0.497 e. The number of rotatable bonds is 4. The average molecular weight is 217 g/mol. The Balaban J connectivity index is 1.86. The minimum absolute atomic E-state index is 0.635. The van der Waals surface area contributed by atoms with Crippen LogP contribution in [-0.4, -0.2) is 13.2 Å². The van der Waals surface area contributed by atoms with Crippen LogP contribution in [0.2, 0.25) is 0 Å². The normalized spacial score (nSPS) is 19.7. The van der Waals surface area contributed by atoms with Gasteiger partial charge in [0.25, 0.3) is 0 Å². The summed E-state index contributed by atoms with van der Waals surface area (Å²) in [5.74, 6) is 0.933. The molecule has 0 spiro atoms. The van der Waals surface area contributed by atoms with E-state index >= 15 is 0 Å². The maximum atomic E-state index is 5.21. The lowest BCUT2D eigenvalue weighted by Gasteiger charge is -2.19. The van der Waals surface area contributed by atoms with Gasteiger partial charge in [-0.3, -0.25) is 0 Å². The molecule has 86 valence electrons. The van der Waals surface area contributed by atoms with E-state index in [0.717, 1.165) is 18.7 Å². The standard InChI is InChI=1S/C14H19NO/c1-16-14-9-5-6-12(10-14)11-15-13-7-3-2-4-8-13/h2-3,5-6,9-10,13,15H,4,7-8,11H2,1H3. The second-order valence-electron chi connectivity index (χ2n) is 4.21. The Kier molecular flexibility index (Phi) is 4.00. The Morgan fingerprint density at radius 1 is 1.38 bits per heavy atom. The molecule has 1 aliphatic carbocycles. The molecule has 0 aliphatic heterocycles. The molecule has 0 amide bonds. The SMILES string of the molecule is COc1cccc(CNC2CC=CCC2)c1. The zero-order chi connectivity index (χ0) is 11.2. The van der Waals surface area contributed by atoms with E-state index in [0.29, 0.717) is 6.04 Å². The molecule has 0 fully saturated rings. The second-order valence-corrected chi connectivity index (χ2v) is 4.21. The molecule has 2 nitrogen and oxygen atoms in total. The molecule has 1 aromatic rings. The average Bonchev–Trinajstić information content (AvgIpc) is 2.38. The molecule has 1 aromatic carbocycles. The highest BCUT2D eigenvalue weighted by atomic mass is 16.5. The lowest BCUT2D eigenvalue weighted by Crippen LogP contribution is -2.29. The van der Waals surface area contributed by atoms with Crippen molar-refractivity contribution in [3.05, 3.63) is 42.0 Å². The molecule has 0 aromatic heterocycles. The molecule has 2 heteroatoms. The van der Waals surface area contributed by atoms with Crippen molar-refractivity contribution >= 4 is 0 Å². The predicted molar refractivity (Wildman–Crippen MR) is 66.6 cm³/mol. The zero-order valence-electron chi connectivity index (χ0n) is 9.78. The van der Waals surface area contributed by atoms with Crippen LogP contribution in [0.1, 0.15) is 24.8 Å². The molecular formula is C14H19NO. The van der Waals surface area contributed by atoms with Crippen LogP contribution in [0.4, 0.5) is 0 Å². The minimum Gasteiger partial charge on any atom is -0.497 e. The molecule has 1 aliphatic rings. The van der Waals surface area contributed by atoms with Crippen molar-refractivity contribution in [2.75, 3.05) is 7.11 Å². The first kappa shape index (κ1) is 11.2. The molecule has 0 saturated heterocycles. The summed E-state index contributed by atoms with van der Waals surface area (Å²) in [6.45, 7) is 0.926. The van der Waals surface area contributed by atoms with E-state index in [-0.39, 0.29) is 0 Å². The van der Waals surface area contributed by atoms with Crippen molar-refractivity contribution < 1.29 is 4.74 Å². The smallest absolute Gasteiger partial charge is 0.119 e. The van der Waals surface area contributed by atoms with Crippen LogP contribution in [0, 0.1) is 0 Å². The van der Waals surface area contributed by atoms with Crippen molar-refractivity contribution in [1.29, 1.82) is 0 Å². The van der Waals surface area contributed by atoms with Crippen molar-refractivity contribution in [2.45, 2.75) is 31.8 Å². The summed E-state index contributed by atoms with van der Waals surface area (Å²) >= 11 is 0. The number of hydrogen-bond donors (Lipinski definition) is 1. The van der Waals surface area contributed by atoms with Gasteiger partial charge in [0, 0.05) is 12.6 Å². The Morgan fingerprint density at radius 3 is 3.06 bits per heavy atom. The summed E-state index contributed by atoms with van der Waals surface area (Å²) < 4.78 is 5.21. The summed E-state index contributed by atoms with van der Waals surface area (Å²) in [4.78, 5) is 0. The molecule has 0 heterocycles. The van der Waals surface area contributed by atoms with E-state index in [9.17, 15) is 0 Å². The van der Waals surface area contributed by atoms with Gasteiger partial charge in [0.2, 0.25) is 0 Å². The number of hydrogen-bond acceptors (Lipinski definition) is 2. The highest BCUT2D eigenvalue weighted by Gasteiger charge is 2.08. The van der Waals surface area contributed by atoms with E-state index < -0.39 is 0 Å². The monoisotopic (exact) mass is 217 g/mol. The van der Waals surface area contributed by atoms with Gasteiger partial charge in [-0.1, -0.05) is 24.3 Å². The van der Waals surface area contributed by atoms with Crippen molar-refractivity contribution in [3.63, 3.8) is 0 Å². The van der Waals surface area contributed by atoms with E-state index in [4.69, 9.17) is 4.74 Å². The van der Waals surface area contributed by atoms with Crippen molar-refractivity contribution in [2.24, 2.45) is 0 Å². The molecule has 16 heavy (non-hydrogen) atoms. The topological polar surface area (TPSA) is 21.3 Å². The molecule has 1 unspecified atom stereocenters. The highest BCUT2D eigenvalue weighted by Crippen LogP contribution is 2.14. The van der Waals surface area contributed by atoms with Crippen LogP contribution >= 0.6 is 0 Å². The van der Waals surface area contributed by atoms with Gasteiger partial charge >= 0.3 is 0 Å². The first-order chi connectivity index (χ1) is 7.88. The summed E-state index contributed by atoms with van der Waals surface area (Å²) in [7, 11) is 1.71. The quantitative estimate of drug-likeness (QED) is 0.783. The Hall–Kier alpha value is -1.28. The number of benzene rings is 1. The first-order valence-corrected chi connectivity index (χ1v) is 5.90. The highest BCUT2D eigenvalue weighted by molar-refractivity contribution is 5.28. The van der Waals surface area contributed by atoms with Crippen LogP contribution in [-0.2, 0) is 6.54 Å². The molecule has 0 radical (unpaired) electrons. The number of nitrogens with one attached hydrogen (secondary N) is 1. The zero-order valence-corrected chi connectivity index (χ0v) is 9.78. The van der Waals surface area contributed by atoms with E-state index in [1.165, 1.54) is 18.4 Å². The van der Waals surface area contributed by atoms with Gasteiger partial charge in [-0.05, 0) is 37.0 Å². The van der Waals surface area contributed by atoms with Gasteiger partial charge in [0.05, 0.1) is 7.11 Å². The number of methoxy groups -OCH3 is 1. The van der Waals surface area contributed by atoms with E-state index in [1.807, 2.05) is 12.1 Å². The second kappa shape index (κ2) is 5.71. The molecule has 0 bridgehead atoms. The number of allylic oxidation sites excluding steroid dienone is 1. The first-order valence-electron chi connectivity index (χ1n) is 5.90. The van der Waals surface area contributed by atoms with Crippen LogP contribution in [0.5, 0.6) is 5.75 Å². The summed E-state index contributed by atoms with van der Waals surface area (Å²) in [6.07, 6.45) is 8.15. The van der Waals surface area contributed by atoms with Crippen molar-refractivity contribution in [1.82, 2.24) is 5.32 Å². The van der Waals surface area contributed by atoms with Gasteiger partial charge in [0.1, 0.15) is 5.75 Å². The third-order valence-electron chi connectivity index (χ3n) is 3.00. The predicted octanol–water partition coefficient (Wildman–Crippen LogP) is 2.89. The summed E-state index contributed by atoms with van der Waals surface area (Å²) in [5, 5.41) is 3.58. The van der Waals surface area contributed by atoms with E-state index in [2.05, 4.69) is 29.6 Å². The molecular weight excluding hydrogens is 198 g/mol. The lowest BCUT2D eigenvalue weighted by molar-refractivity contribution is 0.413. The Labute approximate surface area is 97.3 Å². The fraction of sp³-hybridized carbons (Fsp3) is 0.429. The van der Waals surface area contributed by atoms with Gasteiger partial charge < -0.3 is 10.1 Å². The Morgan fingerprint density at radius 2 is 2.31 bits per heavy atom. The molecule has 2 rings (SSSR count).